The van der Waals surface area contributed by atoms with Crippen LogP contribution in [-0.4, -0.2) is 25.6 Å². The van der Waals surface area contributed by atoms with Crippen molar-refractivity contribution in [3.8, 4) is 0 Å². The van der Waals surface area contributed by atoms with Crippen molar-refractivity contribution in [3.05, 3.63) is 18.1 Å². The van der Waals surface area contributed by atoms with E-state index in [4.69, 9.17) is 0 Å². The monoisotopic (exact) mass is 259 g/mol. The first kappa shape index (κ1) is 12.4. The Morgan fingerprint density at radius 2 is 2.16 bits per heavy atom. The molecule has 0 aliphatic heterocycles. The van der Waals surface area contributed by atoms with Crippen LogP contribution in [0, 0.1) is 0 Å². The maximum absolute atomic E-state index is 4.53. The summed E-state index contributed by atoms with van der Waals surface area (Å²) in [5.74, 6) is 1.74. The predicted molar refractivity (Wildman–Crippen MR) is 75.3 cm³/mol. The van der Waals surface area contributed by atoms with Crippen molar-refractivity contribution in [1.29, 1.82) is 0 Å². The van der Waals surface area contributed by atoms with E-state index in [1.807, 2.05) is 4.52 Å². The number of nitrogens with zero attached hydrogens (tertiary/aromatic N) is 4. The van der Waals surface area contributed by atoms with Crippen molar-refractivity contribution in [1.82, 2.24) is 19.6 Å². The van der Waals surface area contributed by atoms with Crippen LogP contribution in [0.4, 0.5) is 5.82 Å². The Hall–Kier alpha value is -1.65. The lowest BCUT2D eigenvalue weighted by Gasteiger charge is -2.24. The first-order valence-electron chi connectivity index (χ1n) is 7.33. The van der Waals surface area contributed by atoms with E-state index in [2.05, 4.69) is 33.4 Å². The van der Waals surface area contributed by atoms with Crippen LogP contribution in [0.3, 0.4) is 0 Å². The van der Waals surface area contributed by atoms with Crippen molar-refractivity contribution in [2.45, 2.75) is 57.9 Å². The minimum atomic E-state index is 0.568. The molecule has 0 radical (unpaired) electrons. The standard InChI is InChI=1S/C14H21N5/c1-2-6-12-9-13(17-11-7-4-3-5-8-11)19-14(18-12)15-10-16-19/h9-11,17H,2-8H2,1H3. The van der Waals surface area contributed by atoms with Gasteiger partial charge >= 0.3 is 0 Å². The third kappa shape index (κ3) is 2.69. The number of aryl methyl sites for hydroxylation is 1. The van der Waals surface area contributed by atoms with E-state index in [0.29, 0.717) is 11.8 Å². The fourth-order valence-corrected chi connectivity index (χ4v) is 2.80. The molecule has 1 fully saturated rings. The molecule has 0 bridgehead atoms. The minimum absolute atomic E-state index is 0.568. The largest absolute Gasteiger partial charge is 0.367 e. The molecule has 19 heavy (non-hydrogen) atoms. The molecule has 102 valence electrons. The number of fused-ring (bicyclic) bond motifs is 1. The molecule has 2 aromatic heterocycles. The summed E-state index contributed by atoms with van der Waals surface area (Å²) in [6, 6.07) is 2.69. The van der Waals surface area contributed by atoms with Crippen LogP contribution in [0.2, 0.25) is 0 Å². The molecule has 3 rings (SSSR count). The Bertz CT molecular complexity index is 542. The summed E-state index contributed by atoms with van der Waals surface area (Å²) in [6.45, 7) is 2.17. The molecular weight excluding hydrogens is 238 g/mol. The molecule has 0 spiro atoms. The smallest absolute Gasteiger partial charge is 0.254 e. The molecule has 5 heteroatoms. The number of anilines is 1. The Kier molecular flexibility index (Phi) is 3.62. The molecule has 0 saturated heterocycles. The summed E-state index contributed by atoms with van der Waals surface area (Å²) in [5, 5.41) is 7.90. The first-order chi connectivity index (χ1) is 9.36. The lowest BCUT2D eigenvalue weighted by molar-refractivity contribution is 0.461. The molecule has 1 N–H and O–H groups in total. The summed E-state index contributed by atoms with van der Waals surface area (Å²) in [5.41, 5.74) is 1.10. The zero-order valence-electron chi connectivity index (χ0n) is 11.5. The van der Waals surface area contributed by atoms with Crippen molar-refractivity contribution in [2.75, 3.05) is 5.32 Å². The highest BCUT2D eigenvalue weighted by Crippen LogP contribution is 2.22. The molecule has 1 aliphatic rings. The third-order valence-corrected chi connectivity index (χ3v) is 3.77. The SMILES string of the molecule is CCCc1cc(NC2CCCCC2)n2ncnc2n1. The van der Waals surface area contributed by atoms with Gasteiger partial charge in [-0.15, -0.1) is 0 Å². The van der Waals surface area contributed by atoms with Gasteiger partial charge in [0.05, 0.1) is 0 Å². The molecule has 2 heterocycles. The van der Waals surface area contributed by atoms with Gasteiger partial charge in [-0.1, -0.05) is 32.6 Å². The number of hydrogen-bond donors (Lipinski definition) is 1. The Morgan fingerprint density at radius 3 is 2.95 bits per heavy atom. The summed E-state index contributed by atoms with van der Waals surface area (Å²) in [7, 11) is 0. The second-order valence-corrected chi connectivity index (χ2v) is 5.33. The number of hydrogen-bond acceptors (Lipinski definition) is 4. The fourth-order valence-electron chi connectivity index (χ4n) is 2.80. The molecule has 5 nitrogen and oxygen atoms in total. The van der Waals surface area contributed by atoms with E-state index in [9.17, 15) is 0 Å². The average Bonchev–Trinajstić information content (AvgIpc) is 2.89. The molecule has 0 unspecified atom stereocenters. The maximum atomic E-state index is 4.53. The average molecular weight is 259 g/mol. The van der Waals surface area contributed by atoms with Gasteiger partial charge < -0.3 is 5.32 Å². The Balaban J connectivity index is 1.88. The molecule has 1 saturated carbocycles. The van der Waals surface area contributed by atoms with Crippen LogP contribution in [0.15, 0.2) is 12.4 Å². The lowest BCUT2D eigenvalue weighted by atomic mass is 9.95. The van der Waals surface area contributed by atoms with E-state index in [1.54, 1.807) is 6.33 Å². The molecule has 0 atom stereocenters. The number of aromatic nitrogens is 4. The lowest BCUT2D eigenvalue weighted by Crippen LogP contribution is -2.24. The first-order valence-corrected chi connectivity index (χ1v) is 7.33. The summed E-state index contributed by atoms with van der Waals surface area (Å²) in [4.78, 5) is 8.74. The second-order valence-electron chi connectivity index (χ2n) is 5.33. The van der Waals surface area contributed by atoms with Gasteiger partial charge in [0.25, 0.3) is 5.78 Å². The van der Waals surface area contributed by atoms with E-state index >= 15 is 0 Å². The second kappa shape index (κ2) is 5.55. The highest BCUT2D eigenvalue weighted by Gasteiger charge is 2.15. The van der Waals surface area contributed by atoms with Crippen molar-refractivity contribution in [2.24, 2.45) is 0 Å². The van der Waals surface area contributed by atoms with E-state index < -0.39 is 0 Å². The topological polar surface area (TPSA) is 55.1 Å². The third-order valence-electron chi connectivity index (χ3n) is 3.77. The summed E-state index contributed by atoms with van der Waals surface area (Å²) < 4.78 is 1.81. The van der Waals surface area contributed by atoms with E-state index in [1.165, 1.54) is 32.1 Å². The molecule has 0 amide bonds. The van der Waals surface area contributed by atoms with Crippen LogP contribution in [0.25, 0.3) is 5.78 Å². The van der Waals surface area contributed by atoms with Gasteiger partial charge in [0.15, 0.2) is 0 Å². The number of nitrogens with one attached hydrogen (secondary N) is 1. The van der Waals surface area contributed by atoms with Crippen LogP contribution in [-0.2, 0) is 6.42 Å². The molecule has 0 aromatic carbocycles. The van der Waals surface area contributed by atoms with Crippen molar-refractivity contribution in [3.63, 3.8) is 0 Å². The van der Waals surface area contributed by atoms with Gasteiger partial charge in [0.2, 0.25) is 0 Å². The fraction of sp³-hybridized carbons (Fsp3) is 0.643. The highest BCUT2D eigenvalue weighted by molar-refractivity contribution is 5.45. The number of rotatable bonds is 4. The summed E-state index contributed by atoms with van der Waals surface area (Å²) >= 11 is 0. The van der Waals surface area contributed by atoms with Gasteiger partial charge in [0, 0.05) is 17.8 Å². The highest BCUT2D eigenvalue weighted by atomic mass is 15.4. The summed E-state index contributed by atoms with van der Waals surface area (Å²) in [6.07, 6.45) is 10.2. The Labute approximate surface area is 113 Å². The normalized spacial score (nSPS) is 16.9. The van der Waals surface area contributed by atoms with Gasteiger partial charge in [0.1, 0.15) is 12.1 Å². The van der Waals surface area contributed by atoms with Crippen LogP contribution in [0.1, 0.15) is 51.1 Å². The van der Waals surface area contributed by atoms with Gasteiger partial charge in [-0.3, -0.25) is 0 Å². The van der Waals surface area contributed by atoms with E-state index in [-0.39, 0.29) is 0 Å². The molecule has 1 aliphatic carbocycles. The predicted octanol–water partition coefficient (Wildman–Crippen LogP) is 2.82. The van der Waals surface area contributed by atoms with E-state index in [0.717, 1.165) is 24.4 Å². The zero-order chi connectivity index (χ0) is 13.1. The zero-order valence-corrected chi connectivity index (χ0v) is 11.5. The maximum Gasteiger partial charge on any atom is 0.254 e. The van der Waals surface area contributed by atoms with Gasteiger partial charge in [-0.2, -0.15) is 14.6 Å². The minimum Gasteiger partial charge on any atom is -0.367 e. The quantitative estimate of drug-likeness (QED) is 0.917. The van der Waals surface area contributed by atoms with Crippen molar-refractivity contribution >= 4 is 11.6 Å². The van der Waals surface area contributed by atoms with Crippen LogP contribution in [0.5, 0.6) is 0 Å². The molecular formula is C14H21N5. The molecule has 2 aromatic rings. The Morgan fingerprint density at radius 1 is 1.32 bits per heavy atom. The van der Waals surface area contributed by atoms with Crippen LogP contribution < -0.4 is 5.32 Å². The van der Waals surface area contributed by atoms with Crippen LogP contribution >= 0.6 is 0 Å². The van der Waals surface area contributed by atoms with Gasteiger partial charge in [-0.05, 0) is 19.3 Å². The van der Waals surface area contributed by atoms with Gasteiger partial charge in [-0.25, -0.2) is 4.98 Å². The van der Waals surface area contributed by atoms with Crippen molar-refractivity contribution < 1.29 is 0 Å².